The van der Waals surface area contributed by atoms with Crippen LogP contribution in [0.15, 0.2) is 16.3 Å². The lowest BCUT2D eigenvalue weighted by atomic mass is 10.1. The lowest BCUT2D eigenvalue weighted by molar-refractivity contribution is 0.0934. The molecule has 19 heavy (non-hydrogen) atoms. The summed E-state index contributed by atoms with van der Waals surface area (Å²) in [5, 5.41) is 7.60. The predicted molar refractivity (Wildman–Crippen MR) is 73.9 cm³/mol. The van der Waals surface area contributed by atoms with E-state index < -0.39 is 10.0 Å². The van der Waals surface area contributed by atoms with E-state index in [1.807, 2.05) is 0 Å². The van der Waals surface area contributed by atoms with Gasteiger partial charge in [-0.15, -0.1) is 11.3 Å². The molecule has 1 aromatic rings. The molecule has 0 saturated carbocycles. The van der Waals surface area contributed by atoms with Crippen molar-refractivity contribution >= 4 is 27.3 Å². The Morgan fingerprint density at radius 1 is 1.53 bits per heavy atom. The van der Waals surface area contributed by atoms with Gasteiger partial charge in [-0.3, -0.25) is 4.79 Å². The maximum absolute atomic E-state index is 12.0. The molecule has 6 nitrogen and oxygen atoms in total. The minimum Gasteiger partial charge on any atom is -0.347 e. The van der Waals surface area contributed by atoms with E-state index in [4.69, 9.17) is 0 Å². The van der Waals surface area contributed by atoms with Crippen molar-refractivity contribution in [1.29, 1.82) is 0 Å². The van der Waals surface area contributed by atoms with Gasteiger partial charge in [-0.2, -0.15) is 0 Å². The molecule has 2 rings (SSSR count). The number of nitrogens with one attached hydrogen (secondary N) is 3. The quantitative estimate of drug-likeness (QED) is 0.738. The zero-order valence-electron chi connectivity index (χ0n) is 10.6. The fourth-order valence-electron chi connectivity index (χ4n) is 1.93. The Bertz CT molecular complexity index is 547. The number of carbonyl (C=O) groups excluding carboxylic acids is 1. The molecule has 1 aliphatic rings. The smallest absolute Gasteiger partial charge is 0.261 e. The highest BCUT2D eigenvalue weighted by Gasteiger charge is 2.20. The molecule has 1 fully saturated rings. The summed E-state index contributed by atoms with van der Waals surface area (Å²) in [6.07, 6.45) is 1.99. The average molecular weight is 303 g/mol. The fraction of sp³-hybridized carbons (Fsp3) is 0.545. The Hall–Kier alpha value is -0.960. The van der Waals surface area contributed by atoms with E-state index in [0.29, 0.717) is 4.88 Å². The minimum absolute atomic E-state index is 0.118. The molecule has 0 radical (unpaired) electrons. The van der Waals surface area contributed by atoms with E-state index in [0.717, 1.165) is 37.3 Å². The van der Waals surface area contributed by atoms with Gasteiger partial charge < -0.3 is 10.6 Å². The molecule has 0 unspecified atom stereocenters. The standard InChI is InChI=1S/C11H17N3O3S2/c1-12-19(16,17)9-5-10(18-7-9)11(15)14-8-3-2-4-13-6-8/h5,7-8,12-13H,2-4,6H2,1H3,(H,14,15)/t8-/m0/s1. The summed E-state index contributed by atoms with van der Waals surface area (Å²) in [6, 6.07) is 1.52. The number of carbonyl (C=O) groups is 1. The number of amides is 1. The van der Waals surface area contributed by atoms with Gasteiger partial charge in [-0.1, -0.05) is 0 Å². The van der Waals surface area contributed by atoms with Crippen LogP contribution in [0.25, 0.3) is 0 Å². The van der Waals surface area contributed by atoms with Crippen LogP contribution >= 0.6 is 11.3 Å². The van der Waals surface area contributed by atoms with Crippen LogP contribution in [-0.4, -0.2) is 40.5 Å². The summed E-state index contributed by atoms with van der Waals surface area (Å²) in [5.74, 6) is -0.212. The van der Waals surface area contributed by atoms with Crippen LogP contribution in [0.2, 0.25) is 0 Å². The van der Waals surface area contributed by atoms with Crippen LogP contribution in [-0.2, 0) is 10.0 Å². The second kappa shape index (κ2) is 6.00. The molecule has 3 N–H and O–H groups in total. The van der Waals surface area contributed by atoms with E-state index in [1.54, 1.807) is 0 Å². The molecular formula is C11H17N3O3S2. The number of rotatable bonds is 4. The number of thiophene rings is 1. The average Bonchev–Trinajstić information content (AvgIpc) is 2.90. The highest BCUT2D eigenvalue weighted by Crippen LogP contribution is 2.19. The summed E-state index contributed by atoms with van der Waals surface area (Å²) >= 11 is 1.14. The van der Waals surface area contributed by atoms with Crippen molar-refractivity contribution in [2.75, 3.05) is 20.1 Å². The zero-order chi connectivity index (χ0) is 13.9. The van der Waals surface area contributed by atoms with Crippen molar-refractivity contribution in [3.8, 4) is 0 Å². The summed E-state index contributed by atoms with van der Waals surface area (Å²) in [7, 11) is -2.13. The zero-order valence-corrected chi connectivity index (χ0v) is 12.2. The Labute approximate surface area is 116 Å². The molecule has 0 spiro atoms. The first-order valence-electron chi connectivity index (χ1n) is 6.06. The molecule has 1 amide bonds. The van der Waals surface area contributed by atoms with Gasteiger partial charge in [0, 0.05) is 18.0 Å². The first-order valence-corrected chi connectivity index (χ1v) is 8.43. The molecule has 0 bridgehead atoms. The van der Waals surface area contributed by atoms with Gasteiger partial charge in [0.05, 0.1) is 9.77 Å². The number of hydrogen-bond acceptors (Lipinski definition) is 5. The van der Waals surface area contributed by atoms with Crippen LogP contribution in [0.3, 0.4) is 0 Å². The van der Waals surface area contributed by atoms with Crippen molar-refractivity contribution in [3.63, 3.8) is 0 Å². The summed E-state index contributed by atoms with van der Waals surface area (Å²) in [5.41, 5.74) is 0. The van der Waals surface area contributed by atoms with Gasteiger partial charge in [0.2, 0.25) is 10.0 Å². The van der Waals surface area contributed by atoms with Gasteiger partial charge in [0.1, 0.15) is 0 Å². The molecule has 2 heterocycles. The van der Waals surface area contributed by atoms with Crippen molar-refractivity contribution in [2.45, 2.75) is 23.8 Å². The van der Waals surface area contributed by atoms with Crippen molar-refractivity contribution < 1.29 is 13.2 Å². The summed E-state index contributed by atoms with van der Waals surface area (Å²) < 4.78 is 25.4. The Morgan fingerprint density at radius 2 is 2.32 bits per heavy atom. The number of piperidine rings is 1. The molecular weight excluding hydrogens is 286 g/mol. The number of hydrogen-bond donors (Lipinski definition) is 3. The monoisotopic (exact) mass is 303 g/mol. The maximum Gasteiger partial charge on any atom is 0.261 e. The normalized spacial score (nSPS) is 20.2. The third kappa shape index (κ3) is 3.53. The molecule has 1 aliphatic heterocycles. The molecule has 0 aliphatic carbocycles. The molecule has 8 heteroatoms. The van der Waals surface area contributed by atoms with Crippen molar-refractivity contribution in [1.82, 2.24) is 15.4 Å². The molecule has 1 saturated heterocycles. The van der Waals surface area contributed by atoms with Gasteiger partial charge in [-0.25, -0.2) is 13.1 Å². The van der Waals surface area contributed by atoms with E-state index in [9.17, 15) is 13.2 Å². The lowest BCUT2D eigenvalue weighted by Crippen LogP contribution is -2.45. The number of sulfonamides is 1. The van der Waals surface area contributed by atoms with E-state index in [1.165, 1.54) is 18.5 Å². The minimum atomic E-state index is -3.48. The van der Waals surface area contributed by atoms with E-state index in [2.05, 4.69) is 15.4 Å². The van der Waals surface area contributed by atoms with Crippen molar-refractivity contribution in [3.05, 3.63) is 16.3 Å². The van der Waals surface area contributed by atoms with Crippen LogP contribution in [0.4, 0.5) is 0 Å². The maximum atomic E-state index is 12.0. The Kier molecular flexibility index (Phi) is 4.56. The highest BCUT2D eigenvalue weighted by atomic mass is 32.2. The topological polar surface area (TPSA) is 87.3 Å². The molecule has 0 aromatic carbocycles. The Balaban J connectivity index is 2.04. The first-order chi connectivity index (χ1) is 9.03. The fourth-order valence-corrected chi connectivity index (χ4v) is 3.83. The third-order valence-corrected chi connectivity index (χ3v) is 5.48. The van der Waals surface area contributed by atoms with Crippen LogP contribution < -0.4 is 15.4 Å². The van der Waals surface area contributed by atoms with Gasteiger partial charge >= 0.3 is 0 Å². The van der Waals surface area contributed by atoms with Gasteiger partial charge in [-0.05, 0) is 32.5 Å². The van der Waals surface area contributed by atoms with Crippen LogP contribution in [0.5, 0.6) is 0 Å². The van der Waals surface area contributed by atoms with Crippen LogP contribution in [0, 0.1) is 0 Å². The lowest BCUT2D eigenvalue weighted by Gasteiger charge is -2.23. The van der Waals surface area contributed by atoms with E-state index >= 15 is 0 Å². The largest absolute Gasteiger partial charge is 0.347 e. The van der Waals surface area contributed by atoms with Crippen LogP contribution in [0.1, 0.15) is 22.5 Å². The SMILES string of the molecule is CNS(=O)(=O)c1csc(C(=O)N[C@H]2CCCNC2)c1. The van der Waals surface area contributed by atoms with Gasteiger partial charge in [0.25, 0.3) is 5.91 Å². The first kappa shape index (κ1) is 14.4. The third-order valence-electron chi connectivity index (χ3n) is 3.01. The second-order valence-corrected chi connectivity index (χ2v) is 7.17. The van der Waals surface area contributed by atoms with Gasteiger partial charge in [0.15, 0.2) is 0 Å². The summed E-state index contributed by atoms with van der Waals surface area (Å²) in [6.45, 7) is 1.74. The molecule has 1 aromatic heterocycles. The van der Waals surface area contributed by atoms with Crippen molar-refractivity contribution in [2.24, 2.45) is 0 Å². The molecule has 106 valence electrons. The Morgan fingerprint density at radius 3 is 2.95 bits per heavy atom. The second-order valence-electron chi connectivity index (χ2n) is 4.37. The highest BCUT2D eigenvalue weighted by molar-refractivity contribution is 7.89. The van der Waals surface area contributed by atoms with E-state index in [-0.39, 0.29) is 16.8 Å². The predicted octanol–water partition coefficient (Wildman–Crippen LogP) is 0.138. The summed E-state index contributed by atoms with van der Waals surface area (Å²) in [4.78, 5) is 12.5. The molecule has 1 atom stereocenters.